The standard InChI is InChI=1S/C50H68N8O7/c1-10-42(59)56-24-20-35(28-56)47(61)54(8)44(31(3)4)46(60)52-40-29-55-22-13-15-34(27-55)33-18-19-41-37(25-33)38(45(57(41)11-2)36-16-12-21-51-43(36)32(5)64-9)26-50(6,7)30-65-49(63)39-17-14-23-58(53-39)48(40)62/h10,12,15-16,18-19,21,25,31-32,35,39-40,44,53H,1,11,13-14,17,20,22-24,26-30H2,2-9H3,(H,52,60)/t32-,35-,39-,40-,44?/m0/s1. The van der Waals surface area contributed by atoms with Gasteiger partial charge in [0.25, 0.3) is 5.91 Å². The number of cyclic esters (lactones) is 1. The lowest BCUT2D eigenvalue weighted by Gasteiger charge is -2.38. The fraction of sp³-hybridized carbons (Fsp3) is 0.560. The molecule has 1 aromatic carbocycles. The highest BCUT2D eigenvalue weighted by Gasteiger charge is 2.41. The first-order valence-electron chi connectivity index (χ1n) is 23.3. The van der Waals surface area contributed by atoms with E-state index in [4.69, 9.17) is 14.5 Å². The van der Waals surface area contributed by atoms with Crippen LogP contribution in [0.3, 0.4) is 0 Å². The lowest BCUT2D eigenvalue weighted by molar-refractivity contribution is -0.155. The third-order valence-electron chi connectivity index (χ3n) is 13.7. The minimum absolute atomic E-state index is 0.148. The molecule has 350 valence electrons. The summed E-state index contributed by atoms with van der Waals surface area (Å²) < 4.78 is 14.3. The number of likely N-dealkylation sites (N-methyl/N-ethyl adjacent to an activating group) is 1. The Morgan fingerprint density at radius 2 is 1.89 bits per heavy atom. The molecule has 2 fully saturated rings. The summed E-state index contributed by atoms with van der Waals surface area (Å²) in [5.41, 5.74) is 10.0. The van der Waals surface area contributed by atoms with Gasteiger partial charge in [-0.3, -0.25) is 38.9 Å². The Kier molecular flexibility index (Phi) is 14.6. The third kappa shape index (κ3) is 10.1. The summed E-state index contributed by atoms with van der Waals surface area (Å²) in [6.07, 6.45) is 7.96. The maximum Gasteiger partial charge on any atom is 0.324 e. The zero-order chi connectivity index (χ0) is 46.7. The summed E-state index contributed by atoms with van der Waals surface area (Å²) in [5.74, 6) is -2.45. The van der Waals surface area contributed by atoms with Gasteiger partial charge >= 0.3 is 5.97 Å². The van der Waals surface area contributed by atoms with E-state index in [1.807, 2.05) is 26.8 Å². The van der Waals surface area contributed by atoms with Crippen LogP contribution in [0.15, 0.2) is 55.3 Å². The van der Waals surface area contributed by atoms with Crippen molar-refractivity contribution in [2.45, 2.75) is 104 Å². The zero-order valence-electron chi connectivity index (χ0n) is 39.5. The van der Waals surface area contributed by atoms with Crippen molar-refractivity contribution in [2.24, 2.45) is 17.3 Å². The van der Waals surface area contributed by atoms with Crippen molar-refractivity contribution in [1.82, 2.24) is 40.0 Å². The summed E-state index contributed by atoms with van der Waals surface area (Å²) in [5, 5.41) is 5.67. The van der Waals surface area contributed by atoms with Gasteiger partial charge in [-0.2, -0.15) is 0 Å². The first kappa shape index (κ1) is 47.6. The molecule has 6 heterocycles. The number of hydrogen-bond acceptors (Lipinski definition) is 10. The van der Waals surface area contributed by atoms with Gasteiger partial charge in [0.15, 0.2) is 0 Å². The summed E-state index contributed by atoms with van der Waals surface area (Å²) in [6.45, 7) is 19.0. The summed E-state index contributed by atoms with van der Waals surface area (Å²) in [4.78, 5) is 79.5. The smallest absolute Gasteiger partial charge is 0.324 e. The van der Waals surface area contributed by atoms with Crippen molar-refractivity contribution in [3.63, 3.8) is 0 Å². The molecule has 0 saturated carbocycles. The molecular formula is C50H68N8O7. The van der Waals surface area contributed by atoms with E-state index < -0.39 is 41.3 Å². The second kappa shape index (κ2) is 20.0. The number of pyridine rings is 1. The SMILES string of the molecule is C=CC(=O)N1CC[C@H](C(=O)N(C)C(C(=O)N[C@H]2CN3CCC=C(C3)c3ccc4c(c3)c(c(-c3cccnc3[C@H](C)OC)n4CC)CC(C)(C)COC(=O)[C@@H]3CCCN(N3)C2=O)C(C)C)C1. The summed E-state index contributed by atoms with van der Waals surface area (Å²) in [6, 6.07) is 8.07. The van der Waals surface area contributed by atoms with Crippen LogP contribution in [0.4, 0.5) is 0 Å². The van der Waals surface area contributed by atoms with E-state index in [-0.39, 0.29) is 49.4 Å². The predicted octanol–water partition coefficient (Wildman–Crippen LogP) is 5.14. The van der Waals surface area contributed by atoms with Crippen LogP contribution in [0.25, 0.3) is 27.7 Å². The van der Waals surface area contributed by atoms with Gasteiger partial charge in [-0.1, -0.05) is 46.4 Å². The molecular weight excluding hydrogens is 825 g/mol. The number of aromatic nitrogens is 2. The molecule has 7 rings (SSSR count). The molecule has 4 aliphatic rings. The molecule has 0 radical (unpaired) electrons. The number of benzene rings is 1. The van der Waals surface area contributed by atoms with Gasteiger partial charge < -0.3 is 29.2 Å². The molecule has 2 unspecified atom stereocenters. The molecule has 0 spiro atoms. The fourth-order valence-corrected chi connectivity index (χ4v) is 10.2. The van der Waals surface area contributed by atoms with Crippen LogP contribution in [0.2, 0.25) is 0 Å². The molecule has 3 aromatic rings. The van der Waals surface area contributed by atoms with Crippen LogP contribution in [-0.2, 0) is 46.4 Å². The monoisotopic (exact) mass is 893 g/mol. The Labute approximate surface area is 383 Å². The van der Waals surface area contributed by atoms with Crippen LogP contribution in [-0.4, -0.2) is 137 Å². The number of ether oxygens (including phenoxy) is 2. The highest BCUT2D eigenvalue weighted by Crippen LogP contribution is 2.41. The molecule has 6 bridgehead atoms. The van der Waals surface area contributed by atoms with E-state index in [0.29, 0.717) is 51.9 Å². The average Bonchev–Trinajstić information content (AvgIpc) is 3.92. The molecule has 6 atom stereocenters. The van der Waals surface area contributed by atoms with Crippen LogP contribution in [0.5, 0.6) is 0 Å². The van der Waals surface area contributed by atoms with Crippen molar-refractivity contribution in [1.29, 1.82) is 0 Å². The number of nitrogens with zero attached hydrogens (tertiary/aromatic N) is 6. The van der Waals surface area contributed by atoms with Crippen molar-refractivity contribution in [2.75, 3.05) is 60.0 Å². The van der Waals surface area contributed by atoms with Crippen LogP contribution in [0, 0.1) is 17.3 Å². The first-order chi connectivity index (χ1) is 31.0. The van der Waals surface area contributed by atoms with Crippen molar-refractivity contribution in [3.05, 3.63) is 72.1 Å². The topological polar surface area (TPSA) is 159 Å². The van der Waals surface area contributed by atoms with Gasteiger partial charge in [-0.05, 0) is 98.9 Å². The molecule has 2 aromatic heterocycles. The third-order valence-corrected chi connectivity index (χ3v) is 13.7. The minimum Gasteiger partial charge on any atom is -0.464 e. The maximum atomic E-state index is 14.7. The number of amides is 4. The molecule has 15 nitrogen and oxygen atoms in total. The second-order valence-corrected chi connectivity index (χ2v) is 19.3. The largest absolute Gasteiger partial charge is 0.464 e. The van der Waals surface area contributed by atoms with E-state index >= 15 is 0 Å². The molecule has 15 heteroatoms. The molecule has 4 aliphatic heterocycles. The second-order valence-electron chi connectivity index (χ2n) is 19.3. The minimum atomic E-state index is -1.00. The highest BCUT2D eigenvalue weighted by atomic mass is 16.5. The molecule has 0 aliphatic carbocycles. The predicted molar refractivity (Wildman–Crippen MR) is 250 cm³/mol. The van der Waals surface area contributed by atoms with Gasteiger partial charge in [0, 0.05) is 88.0 Å². The Bertz CT molecular complexity index is 2340. The van der Waals surface area contributed by atoms with Crippen LogP contribution in [0.1, 0.15) is 90.2 Å². The molecule has 2 N–H and O–H groups in total. The Morgan fingerprint density at radius 1 is 1.11 bits per heavy atom. The highest BCUT2D eigenvalue weighted by molar-refractivity contribution is 5.96. The number of methoxy groups -OCH3 is 1. The fourth-order valence-electron chi connectivity index (χ4n) is 10.2. The van der Waals surface area contributed by atoms with E-state index in [2.05, 4.69) is 77.9 Å². The number of hydrazine groups is 1. The number of carbonyl (C=O) groups excluding carboxylic acids is 5. The lowest BCUT2D eigenvalue weighted by Crippen LogP contribution is -2.63. The van der Waals surface area contributed by atoms with Crippen molar-refractivity contribution < 1.29 is 33.4 Å². The number of nitrogens with one attached hydrogen (secondary N) is 2. The van der Waals surface area contributed by atoms with Gasteiger partial charge in [0.1, 0.15) is 18.1 Å². The number of esters is 1. The van der Waals surface area contributed by atoms with Crippen molar-refractivity contribution >= 4 is 46.1 Å². The summed E-state index contributed by atoms with van der Waals surface area (Å²) in [7, 11) is 3.32. The Balaban J connectivity index is 1.25. The Hall–Kier alpha value is -5.38. The normalized spacial score (nSPS) is 23.6. The van der Waals surface area contributed by atoms with Gasteiger partial charge in [-0.25, -0.2) is 5.43 Å². The maximum absolute atomic E-state index is 14.7. The molecule has 4 amide bonds. The number of fused-ring (bicyclic) bond motifs is 6. The van der Waals surface area contributed by atoms with Gasteiger partial charge in [0.2, 0.25) is 17.7 Å². The quantitative estimate of drug-likeness (QED) is 0.206. The van der Waals surface area contributed by atoms with E-state index in [1.54, 1.807) is 25.3 Å². The average molecular weight is 893 g/mol. The van der Waals surface area contributed by atoms with Crippen LogP contribution < -0.4 is 10.7 Å². The zero-order valence-corrected chi connectivity index (χ0v) is 39.5. The number of carbonyl (C=O) groups is 5. The van der Waals surface area contributed by atoms with E-state index in [1.165, 1.54) is 16.0 Å². The number of hydrogen-bond donors (Lipinski definition) is 2. The van der Waals surface area contributed by atoms with E-state index in [9.17, 15) is 24.0 Å². The first-order valence-corrected chi connectivity index (χ1v) is 23.3. The number of rotatable bonds is 10. The van der Waals surface area contributed by atoms with Crippen LogP contribution >= 0.6 is 0 Å². The van der Waals surface area contributed by atoms with E-state index in [0.717, 1.165) is 57.5 Å². The van der Waals surface area contributed by atoms with Gasteiger partial charge in [0.05, 0.1) is 30.0 Å². The molecule has 2 saturated heterocycles. The number of aryl methyl sites for hydroxylation is 1. The van der Waals surface area contributed by atoms with Crippen molar-refractivity contribution in [3.8, 4) is 11.3 Å². The van der Waals surface area contributed by atoms with Gasteiger partial charge in [-0.15, -0.1) is 0 Å². The summed E-state index contributed by atoms with van der Waals surface area (Å²) >= 11 is 0. The lowest BCUT2D eigenvalue weighted by atomic mass is 9.84. The molecule has 65 heavy (non-hydrogen) atoms. The number of likely N-dealkylation sites (tertiary alicyclic amines) is 1. The Morgan fingerprint density at radius 3 is 2.62 bits per heavy atom.